The molecule has 0 aliphatic carbocycles. The molecule has 1 aromatic heterocycles. The molecule has 162 valence electrons. The molecule has 1 aromatic carbocycles. The lowest BCUT2D eigenvalue weighted by atomic mass is 10.1. The molecule has 0 fully saturated rings. The lowest BCUT2D eigenvalue weighted by Gasteiger charge is -2.20. The number of amides is 2. The Hall–Kier alpha value is -3.75. The molecule has 9 heteroatoms. The summed E-state index contributed by atoms with van der Waals surface area (Å²) in [4.78, 5) is 65.8. The maximum atomic E-state index is 12.6. The number of ketones is 1. The summed E-state index contributed by atoms with van der Waals surface area (Å²) < 4.78 is 10.0. The van der Waals surface area contributed by atoms with Crippen LogP contribution in [0.5, 0.6) is 0 Å². The van der Waals surface area contributed by atoms with E-state index < -0.39 is 42.2 Å². The van der Waals surface area contributed by atoms with E-state index in [9.17, 15) is 24.0 Å². The van der Waals surface area contributed by atoms with Crippen LogP contribution in [0.2, 0.25) is 0 Å². The number of H-pyrrole nitrogens is 1. The average Bonchev–Trinajstić information content (AvgIpc) is 3.18. The molecule has 2 aromatic rings. The number of fused-ring (bicyclic) bond motifs is 1. The van der Waals surface area contributed by atoms with Crippen molar-refractivity contribution in [2.45, 2.75) is 33.7 Å². The first kappa shape index (κ1) is 21.9. The molecule has 9 nitrogen and oxygen atoms in total. The van der Waals surface area contributed by atoms with Crippen molar-refractivity contribution in [3.8, 4) is 0 Å². The van der Waals surface area contributed by atoms with Crippen LogP contribution in [-0.4, -0.2) is 58.7 Å². The Balaban J connectivity index is 1.69. The summed E-state index contributed by atoms with van der Waals surface area (Å²) in [7, 11) is 0. The number of rotatable bonds is 7. The lowest BCUT2D eigenvalue weighted by molar-refractivity contribution is -0.146. The van der Waals surface area contributed by atoms with Gasteiger partial charge < -0.3 is 14.5 Å². The first-order valence-electron chi connectivity index (χ1n) is 9.72. The lowest BCUT2D eigenvalue weighted by Crippen LogP contribution is -2.44. The molecule has 2 amide bonds. The first-order valence-corrected chi connectivity index (χ1v) is 9.72. The quantitative estimate of drug-likeness (QED) is 0.409. The number of aryl methyl sites for hydroxylation is 1. The molecular weight excluding hydrogens is 404 g/mol. The molecule has 0 spiro atoms. The van der Waals surface area contributed by atoms with Crippen LogP contribution in [0.3, 0.4) is 0 Å². The fourth-order valence-electron chi connectivity index (χ4n) is 3.57. The first-order chi connectivity index (χ1) is 14.7. The number of esters is 2. The third-order valence-electron chi connectivity index (χ3n) is 5.10. The molecule has 0 radical (unpaired) electrons. The summed E-state index contributed by atoms with van der Waals surface area (Å²) in [6.45, 7) is 5.82. The third-order valence-corrected chi connectivity index (χ3v) is 5.10. The van der Waals surface area contributed by atoms with Gasteiger partial charge in [-0.1, -0.05) is 12.1 Å². The number of imide groups is 1. The van der Waals surface area contributed by atoms with Crippen LogP contribution in [0, 0.1) is 13.8 Å². The summed E-state index contributed by atoms with van der Waals surface area (Å²) in [5, 5.41) is 0. The monoisotopic (exact) mass is 426 g/mol. The van der Waals surface area contributed by atoms with Gasteiger partial charge in [-0.05, 0) is 45.4 Å². The van der Waals surface area contributed by atoms with Gasteiger partial charge in [0.15, 0.2) is 6.61 Å². The Bertz CT molecular complexity index is 1060. The van der Waals surface area contributed by atoms with E-state index in [1.807, 2.05) is 0 Å². The van der Waals surface area contributed by atoms with E-state index in [4.69, 9.17) is 9.47 Å². The van der Waals surface area contributed by atoms with Crippen molar-refractivity contribution >= 4 is 29.5 Å². The largest absolute Gasteiger partial charge is 0.461 e. The summed E-state index contributed by atoms with van der Waals surface area (Å²) in [5.74, 6) is -3.18. The second kappa shape index (κ2) is 8.55. The van der Waals surface area contributed by atoms with Crippen molar-refractivity contribution in [1.82, 2.24) is 9.88 Å². The molecule has 0 saturated carbocycles. The topological polar surface area (TPSA) is 123 Å². The zero-order chi connectivity index (χ0) is 22.9. The minimum absolute atomic E-state index is 0.161. The van der Waals surface area contributed by atoms with Gasteiger partial charge in [-0.25, -0.2) is 9.59 Å². The van der Waals surface area contributed by atoms with Crippen LogP contribution in [0.15, 0.2) is 24.3 Å². The van der Waals surface area contributed by atoms with Crippen LogP contribution in [0.25, 0.3) is 0 Å². The summed E-state index contributed by atoms with van der Waals surface area (Å²) in [6, 6.07) is 5.07. The van der Waals surface area contributed by atoms with Gasteiger partial charge in [-0.3, -0.25) is 19.3 Å². The van der Waals surface area contributed by atoms with Crippen molar-refractivity contribution < 1.29 is 33.4 Å². The second-order valence-electron chi connectivity index (χ2n) is 7.08. The molecule has 31 heavy (non-hydrogen) atoms. The van der Waals surface area contributed by atoms with Gasteiger partial charge in [0.05, 0.1) is 17.7 Å². The zero-order valence-corrected chi connectivity index (χ0v) is 17.6. The fraction of sp³-hybridized carbons (Fsp3) is 0.318. The van der Waals surface area contributed by atoms with E-state index in [0.717, 1.165) is 4.90 Å². The molecule has 0 bridgehead atoms. The number of Topliss-reactive ketones (excluding diaryl/α,β-unsaturated/α-hetero) is 1. The van der Waals surface area contributed by atoms with Gasteiger partial charge in [0.2, 0.25) is 5.78 Å². The van der Waals surface area contributed by atoms with Crippen LogP contribution < -0.4 is 0 Å². The third kappa shape index (κ3) is 3.86. The molecule has 1 aliphatic heterocycles. The number of aromatic amines is 1. The van der Waals surface area contributed by atoms with Crippen molar-refractivity contribution in [3.05, 3.63) is 57.9 Å². The smallest absolute Gasteiger partial charge is 0.355 e. The molecule has 2 heterocycles. The highest BCUT2D eigenvalue weighted by molar-refractivity contribution is 6.22. The standard InChI is InChI=1S/C22H22N2O7/c1-5-30-22(29)18-11(2)17(12(3)23-18)16(25)10-31-21(28)13(4)24-19(26)14-8-6-7-9-15(14)20(24)27/h6-9,13,23H,5,10H2,1-4H3. The van der Waals surface area contributed by atoms with E-state index in [0.29, 0.717) is 11.3 Å². The van der Waals surface area contributed by atoms with Gasteiger partial charge in [0.25, 0.3) is 11.8 Å². The molecule has 1 aliphatic rings. The number of carbonyl (C=O) groups excluding carboxylic acids is 5. The molecule has 1 atom stereocenters. The number of ether oxygens (including phenoxy) is 2. The number of nitrogens with zero attached hydrogens (tertiary/aromatic N) is 1. The van der Waals surface area contributed by atoms with E-state index in [-0.39, 0.29) is 29.0 Å². The molecule has 1 unspecified atom stereocenters. The van der Waals surface area contributed by atoms with Crippen LogP contribution in [0.1, 0.15) is 66.7 Å². The number of aromatic nitrogens is 1. The average molecular weight is 426 g/mol. The number of hydrogen-bond acceptors (Lipinski definition) is 7. The van der Waals surface area contributed by atoms with Crippen LogP contribution in [-0.2, 0) is 14.3 Å². The Morgan fingerprint density at radius 3 is 2.16 bits per heavy atom. The fourth-order valence-corrected chi connectivity index (χ4v) is 3.57. The normalized spacial score (nSPS) is 13.7. The van der Waals surface area contributed by atoms with E-state index in [1.54, 1.807) is 32.9 Å². The van der Waals surface area contributed by atoms with Crippen LogP contribution in [0.4, 0.5) is 0 Å². The van der Waals surface area contributed by atoms with Gasteiger partial charge >= 0.3 is 11.9 Å². The predicted molar refractivity (Wildman–Crippen MR) is 108 cm³/mol. The maximum absolute atomic E-state index is 12.6. The highest BCUT2D eigenvalue weighted by Gasteiger charge is 2.41. The Labute approximate surface area is 178 Å². The second-order valence-corrected chi connectivity index (χ2v) is 7.08. The maximum Gasteiger partial charge on any atom is 0.355 e. The Morgan fingerprint density at radius 2 is 1.61 bits per heavy atom. The van der Waals surface area contributed by atoms with Crippen molar-refractivity contribution in [2.75, 3.05) is 13.2 Å². The number of nitrogens with one attached hydrogen (secondary N) is 1. The van der Waals surface area contributed by atoms with Crippen molar-refractivity contribution in [2.24, 2.45) is 0 Å². The summed E-state index contributed by atoms with van der Waals surface area (Å²) in [6.07, 6.45) is 0. The van der Waals surface area contributed by atoms with Gasteiger partial charge in [-0.15, -0.1) is 0 Å². The van der Waals surface area contributed by atoms with Crippen molar-refractivity contribution in [3.63, 3.8) is 0 Å². The van der Waals surface area contributed by atoms with Crippen molar-refractivity contribution in [1.29, 1.82) is 0 Å². The van der Waals surface area contributed by atoms with E-state index >= 15 is 0 Å². The van der Waals surface area contributed by atoms with Crippen LogP contribution >= 0.6 is 0 Å². The highest BCUT2D eigenvalue weighted by Crippen LogP contribution is 2.25. The SMILES string of the molecule is CCOC(=O)c1[nH]c(C)c(C(=O)COC(=O)C(C)N2C(=O)c3ccccc3C2=O)c1C. The summed E-state index contributed by atoms with van der Waals surface area (Å²) in [5.41, 5.74) is 1.65. The van der Waals surface area contributed by atoms with E-state index in [1.165, 1.54) is 19.1 Å². The predicted octanol–water partition coefficient (Wildman–Crippen LogP) is 2.22. The number of benzene rings is 1. The van der Waals surface area contributed by atoms with Gasteiger partial charge in [0.1, 0.15) is 11.7 Å². The minimum atomic E-state index is -1.20. The molecule has 1 N–H and O–H groups in total. The number of carbonyl (C=O) groups is 5. The Morgan fingerprint density at radius 1 is 1.03 bits per heavy atom. The Kier molecular flexibility index (Phi) is 6.05. The minimum Gasteiger partial charge on any atom is -0.461 e. The highest BCUT2D eigenvalue weighted by atomic mass is 16.5. The number of hydrogen-bond donors (Lipinski definition) is 1. The van der Waals surface area contributed by atoms with Gasteiger partial charge in [0, 0.05) is 11.3 Å². The van der Waals surface area contributed by atoms with Gasteiger partial charge in [-0.2, -0.15) is 0 Å². The molecule has 0 saturated heterocycles. The summed E-state index contributed by atoms with van der Waals surface area (Å²) >= 11 is 0. The molecule has 3 rings (SSSR count). The molecular formula is C22H22N2O7. The zero-order valence-electron chi connectivity index (χ0n) is 17.6. The van der Waals surface area contributed by atoms with E-state index in [2.05, 4.69) is 4.98 Å².